The van der Waals surface area contributed by atoms with E-state index in [1.54, 1.807) is 18.2 Å². The highest BCUT2D eigenvalue weighted by Crippen LogP contribution is 2.14. The predicted octanol–water partition coefficient (Wildman–Crippen LogP) is 2.97. The summed E-state index contributed by atoms with van der Waals surface area (Å²) in [6.45, 7) is 1.87. The molecule has 1 amide bonds. The number of carbonyl (C=O) groups excluding carboxylic acids is 1. The van der Waals surface area contributed by atoms with Crippen molar-refractivity contribution in [1.82, 2.24) is 0 Å². The number of halogens is 1. The number of hydrogen-bond acceptors (Lipinski definition) is 2. The summed E-state index contributed by atoms with van der Waals surface area (Å²) in [6.07, 6.45) is 0. The third kappa shape index (κ3) is 2.85. The molecule has 2 rings (SSSR count). The van der Waals surface area contributed by atoms with Crippen LogP contribution in [0, 0.1) is 12.7 Å². The molecule has 18 heavy (non-hydrogen) atoms. The van der Waals surface area contributed by atoms with Crippen LogP contribution in [0.2, 0.25) is 0 Å². The number of nitrogen functional groups attached to an aromatic ring is 1. The number of carbonyl (C=O) groups is 1. The van der Waals surface area contributed by atoms with Crippen molar-refractivity contribution < 1.29 is 9.18 Å². The number of hydrogen-bond donors (Lipinski definition) is 2. The van der Waals surface area contributed by atoms with Gasteiger partial charge in [0.05, 0.1) is 0 Å². The lowest BCUT2D eigenvalue weighted by Crippen LogP contribution is -2.12. The summed E-state index contributed by atoms with van der Waals surface area (Å²) < 4.78 is 12.7. The second-order valence-electron chi connectivity index (χ2n) is 4.09. The monoisotopic (exact) mass is 244 g/mol. The fourth-order valence-electron chi connectivity index (χ4n) is 1.68. The Hall–Kier alpha value is -2.36. The van der Waals surface area contributed by atoms with Gasteiger partial charge >= 0.3 is 0 Å². The first-order valence-corrected chi connectivity index (χ1v) is 5.49. The molecular weight excluding hydrogens is 231 g/mol. The van der Waals surface area contributed by atoms with E-state index in [0.29, 0.717) is 16.9 Å². The van der Waals surface area contributed by atoms with Gasteiger partial charge in [0.1, 0.15) is 5.82 Å². The highest BCUT2D eigenvalue weighted by atomic mass is 19.1. The number of amides is 1. The van der Waals surface area contributed by atoms with Crippen molar-refractivity contribution in [1.29, 1.82) is 0 Å². The Kier molecular flexibility index (Phi) is 3.28. The van der Waals surface area contributed by atoms with Crippen LogP contribution in [0.1, 0.15) is 15.9 Å². The van der Waals surface area contributed by atoms with E-state index in [1.165, 1.54) is 24.3 Å². The van der Waals surface area contributed by atoms with Crippen molar-refractivity contribution in [3.05, 3.63) is 59.4 Å². The molecule has 0 aromatic heterocycles. The Morgan fingerprint density at radius 2 is 1.83 bits per heavy atom. The highest BCUT2D eigenvalue weighted by molar-refractivity contribution is 6.04. The molecule has 0 aliphatic rings. The van der Waals surface area contributed by atoms with Crippen molar-refractivity contribution in [2.75, 3.05) is 11.1 Å². The molecule has 92 valence electrons. The van der Waals surface area contributed by atoms with Crippen molar-refractivity contribution in [2.24, 2.45) is 0 Å². The van der Waals surface area contributed by atoms with Gasteiger partial charge in [0.2, 0.25) is 0 Å². The first kappa shape index (κ1) is 12.1. The molecule has 3 N–H and O–H groups in total. The molecular formula is C14H13FN2O. The third-order valence-electron chi connectivity index (χ3n) is 2.46. The van der Waals surface area contributed by atoms with Gasteiger partial charge in [0.25, 0.3) is 5.91 Å². The summed E-state index contributed by atoms with van der Waals surface area (Å²) in [5.41, 5.74) is 8.16. The van der Waals surface area contributed by atoms with Gasteiger partial charge in [0, 0.05) is 16.9 Å². The first-order chi connectivity index (χ1) is 8.54. The summed E-state index contributed by atoms with van der Waals surface area (Å²) in [5, 5.41) is 2.68. The summed E-state index contributed by atoms with van der Waals surface area (Å²) in [6, 6.07) is 10.7. The molecule has 2 aromatic rings. The molecule has 2 aromatic carbocycles. The van der Waals surface area contributed by atoms with Crippen molar-refractivity contribution in [2.45, 2.75) is 6.92 Å². The van der Waals surface area contributed by atoms with Crippen LogP contribution in [0.25, 0.3) is 0 Å². The molecule has 0 saturated heterocycles. The van der Waals surface area contributed by atoms with E-state index in [9.17, 15) is 9.18 Å². The number of rotatable bonds is 2. The minimum atomic E-state index is -0.340. The van der Waals surface area contributed by atoms with Gasteiger partial charge in [0.15, 0.2) is 0 Å². The zero-order chi connectivity index (χ0) is 13.1. The lowest BCUT2D eigenvalue weighted by atomic mass is 10.1. The lowest BCUT2D eigenvalue weighted by Gasteiger charge is -2.07. The lowest BCUT2D eigenvalue weighted by molar-refractivity contribution is 0.102. The minimum Gasteiger partial charge on any atom is -0.399 e. The predicted molar refractivity (Wildman–Crippen MR) is 69.9 cm³/mol. The molecule has 0 atom stereocenters. The summed E-state index contributed by atoms with van der Waals surface area (Å²) >= 11 is 0. The molecule has 4 heteroatoms. The van der Waals surface area contributed by atoms with Crippen molar-refractivity contribution in [3.63, 3.8) is 0 Å². The Balaban J connectivity index is 2.19. The number of aryl methyl sites for hydroxylation is 1. The molecule has 3 nitrogen and oxygen atoms in total. The Labute approximate surface area is 104 Å². The van der Waals surface area contributed by atoms with Crippen molar-refractivity contribution >= 4 is 17.3 Å². The largest absolute Gasteiger partial charge is 0.399 e. The maximum atomic E-state index is 12.7. The van der Waals surface area contributed by atoms with E-state index in [4.69, 9.17) is 5.73 Å². The maximum absolute atomic E-state index is 12.7. The van der Waals surface area contributed by atoms with E-state index >= 15 is 0 Å². The van der Waals surface area contributed by atoms with Gasteiger partial charge in [-0.05, 0) is 55.0 Å². The quantitative estimate of drug-likeness (QED) is 0.798. The molecule has 0 fully saturated rings. The van der Waals surface area contributed by atoms with Crippen LogP contribution >= 0.6 is 0 Å². The number of benzene rings is 2. The van der Waals surface area contributed by atoms with Crippen LogP contribution < -0.4 is 11.1 Å². The van der Waals surface area contributed by atoms with E-state index in [0.717, 1.165) is 5.56 Å². The Morgan fingerprint density at radius 1 is 1.17 bits per heavy atom. The van der Waals surface area contributed by atoms with Crippen LogP contribution in [0.4, 0.5) is 15.8 Å². The Morgan fingerprint density at radius 3 is 2.44 bits per heavy atom. The SMILES string of the molecule is Cc1cc(N)cc(C(=O)Nc2ccc(F)cc2)c1. The van der Waals surface area contributed by atoms with Gasteiger partial charge in [-0.15, -0.1) is 0 Å². The van der Waals surface area contributed by atoms with Crippen LogP contribution in [0.15, 0.2) is 42.5 Å². The van der Waals surface area contributed by atoms with Crippen LogP contribution in [-0.2, 0) is 0 Å². The standard InChI is InChI=1S/C14H13FN2O/c1-9-6-10(8-12(16)7-9)14(18)17-13-4-2-11(15)3-5-13/h2-8H,16H2,1H3,(H,17,18). The van der Waals surface area contributed by atoms with Gasteiger partial charge in [-0.2, -0.15) is 0 Å². The molecule has 0 aliphatic heterocycles. The third-order valence-corrected chi connectivity index (χ3v) is 2.46. The van der Waals surface area contributed by atoms with Crippen LogP contribution in [0.3, 0.4) is 0 Å². The first-order valence-electron chi connectivity index (χ1n) is 5.49. The van der Waals surface area contributed by atoms with E-state index in [1.807, 2.05) is 6.92 Å². The summed E-state index contributed by atoms with van der Waals surface area (Å²) in [5.74, 6) is -0.607. The van der Waals surface area contributed by atoms with Gasteiger partial charge in [-0.3, -0.25) is 4.79 Å². The van der Waals surface area contributed by atoms with E-state index in [-0.39, 0.29) is 11.7 Å². The Bertz CT molecular complexity index is 559. The summed E-state index contributed by atoms with van der Waals surface area (Å²) in [4.78, 5) is 11.9. The van der Waals surface area contributed by atoms with E-state index in [2.05, 4.69) is 5.32 Å². The van der Waals surface area contributed by atoms with Gasteiger partial charge < -0.3 is 11.1 Å². The average Bonchev–Trinajstić information content (AvgIpc) is 2.31. The van der Waals surface area contributed by atoms with Gasteiger partial charge in [-0.1, -0.05) is 0 Å². The zero-order valence-corrected chi connectivity index (χ0v) is 9.91. The highest BCUT2D eigenvalue weighted by Gasteiger charge is 2.07. The topological polar surface area (TPSA) is 55.1 Å². The molecule has 0 saturated carbocycles. The maximum Gasteiger partial charge on any atom is 0.255 e. The minimum absolute atomic E-state index is 0.267. The van der Waals surface area contributed by atoms with Crippen molar-refractivity contribution in [3.8, 4) is 0 Å². The van der Waals surface area contributed by atoms with Crippen LogP contribution in [0.5, 0.6) is 0 Å². The second kappa shape index (κ2) is 4.87. The molecule has 0 bridgehead atoms. The molecule has 0 heterocycles. The van der Waals surface area contributed by atoms with Crippen LogP contribution in [-0.4, -0.2) is 5.91 Å². The number of anilines is 2. The molecule has 0 radical (unpaired) electrons. The number of nitrogens with one attached hydrogen (secondary N) is 1. The average molecular weight is 244 g/mol. The fraction of sp³-hybridized carbons (Fsp3) is 0.0714. The molecule has 0 spiro atoms. The molecule has 0 aliphatic carbocycles. The second-order valence-corrected chi connectivity index (χ2v) is 4.09. The normalized spacial score (nSPS) is 10.1. The van der Waals surface area contributed by atoms with E-state index < -0.39 is 0 Å². The number of nitrogens with two attached hydrogens (primary N) is 1. The van der Waals surface area contributed by atoms with Gasteiger partial charge in [-0.25, -0.2) is 4.39 Å². The smallest absolute Gasteiger partial charge is 0.255 e. The fourth-order valence-corrected chi connectivity index (χ4v) is 1.68. The zero-order valence-electron chi connectivity index (χ0n) is 9.91. The molecule has 0 unspecified atom stereocenters. The summed E-state index contributed by atoms with van der Waals surface area (Å²) in [7, 11) is 0.